The van der Waals surface area contributed by atoms with Crippen molar-refractivity contribution >= 4 is 32.3 Å². The Bertz CT molecular complexity index is 1620. The van der Waals surface area contributed by atoms with Crippen molar-refractivity contribution in [1.29, 1.82) is 0 Å². The minimum atomic E-state index is -0.0358. The first-order valence-corrected chi connectivity index (χ1v) is 11.1. The number of hydrogen-bond donors (Lipinski definition) is 1. The quantitative estimate of drug-likeness (QED) is 0.300. The number of aromatic nitrogens is 2. The van der Waals surface area contributed by atoms with E-state index in [2.05, 4.69) is 59.6 Å². The Balaban J connectivity index is 1.65. The molecule has 0 atom stereocenters. The van der Waals surface area contributed by atoms with Crippen LogP contribution in [0.5, 0.6) is 11.6 Å². The predicted octanol–water partition coefficient (Wildman–Crippen LogP) is 7.20. The van der Waals surface area contributed by atoms with Gasteiger partial charge in [0, 0.05) is 11.6 Å². The minimum Gasteiger partial charge on any atom is -0.507 e. The van der Waals surface area contributed by atoms with Gasteiger partial charge in [0.1, 0.15) is 5.75 Å². The average molecular weight is 431 g/mol. The fourth-order valence-corrected chi connectivity index (χ4v) is 4.61. The number of nitrogens with zero attached hydrogens (tertiary/aromatic N) is 2. The number of para-hydroxylation sites is 1. The molecule has 0 bridgehead atoms. The third-order valence-corrected chi connectivity index (χ3v) is 6.01. The summed E-state index contributed by atoms with van der Waals surface area (Å²) in [6.45, 7) is 3.94. The zero-order chi connectivity index (χ0) is 22.5. The molecule has 1 N–H and O–H groups in total. The summed E-state index contributed by atoms with van der Waals surface area (Å²) < 4.78 is 5.97. The van der Waals surface area contributed by atoms with Crippen LogP contribution >= 0.6 is 0 Å². The van der Waals surface area contributed by atoms with Crippen molar-refractivity contribution < 1.29 is 9.84 Å². The van der Waals surface area contributed by atoms with Crippen LogP contribution in [0.25, 0.3) is 55.0 Å². The maximum absolute atomic E-state index is 10.4. The molecule has 5 aromatic carbocycles. The molecule has 0 saturated carbocycles. The van der Waals surface area contributed by atoms with Crippen molar-refractivity contribution in [3.8, 4) is 34.3 Å². The Morgan fingerprint density at radius 2 is 1.39 bits per heavy atom. The van der Waals surface area contributed by atoms with Crippen molar-refractivity contribution in [2.75, 3.05) is 0 Å². The van der Waals surface area contributed by atoms with Crippen LogP contribution < -0.4 is 4.74 Å². The normalized spacial score (nSPS) is 11.7. The molecular formula is C29H22N2O2. The fraction of sp³-hybridized carbons (Fsp3) is 0.103. The lowest BCUT2D eigenvalue weighted by atomic mass is 9.91. The highest BCUT2D eigenvalue weighted by Gasteiger charge is 2.17. The number of benzene rings is 5. The molecule has 1 heterocycles. The lowest BCUT2D eigenvalue weighted by Gasteiger charge is -2.16. The van der Waals surface area contributed by atoms with E-state index in [-0.39, 0.29) is 11.9 Å². The van der Waals surface area contributed by atoms with E-state index in [1.807, 2.05) is 32.0 Å². The molecule has 6 rings (SSSR count). The van der Waals surface area contributed by atoms with E-state index in [1.165, 1.54) is 26.9 Å². The Morgan fingerprint density at radius 1 is 0.697 bits per heavy atom. The van der Waals surface area contributed by atoms with E-state index < -0.39 is 0 Å². The standard InChI is InChI=1S/C29H22N2O2/c1-17(2)33-26-16-24(30-29(31-26)23-8-3-4-9-25(23)32)21-14-12-20-11-10-18-6-5-7-19-13-15-22(21)28(20)27(18)19/h3-17,32H,1-2H3. The molecule has 33 heavy (non-hydrogen) atoms. The molecule has 4 nitrogen and oxygen atoms in total. The van der Waals surface area contributed by atoms with Gasteiger partial charge >= 0.3 is 0 Å². The van der Waals surface area contributed by atoms with Gasteiger partial charge in [0.2, 0.25) is 5.88 Å². The summed E-state index contributed by atoms with van der Waals surface area (Å²) in [6.07, 6.45) is -0.0358. The number of aromatic hydroxyl groups is 1. The molecular weight excluding hydrogens is 408 g/mol. The van der Waals surface area contributed by atoms with Crippen molar-refractivity contribution in [2.45, 2.75) is 20.0 Å². The van der Waals surface area contributed by atoms with Gasteiger partial charge in [-0.25, -0.2) is 4.98 Å². The van der Waals surface area contributed by atoms with Gasteiger partial charge in [0.25, 0.3) is 0 Å². The van der Waals surface area contributed by atoms with Crippen LogP contribution in [0.3, 0.4) is 0 Å². The van der Waals surface area contributed by atoms with Gasteiger partial charge in [-0.2, -0.15) is 4.98 Å². The van der Waals surface area contributed by atoms with Crippen LogP contribution in [0.2, 0.25) is 0 Å². The van der Waals surface area contributed by atoms with Crippen molar-refractivity contribution in [1.82, 2.24) is 9.97 Å². The number of ether oxygens (including phenoxy) is 1. The molecule has 4 heteroatoms. The predicted molar refractivity (Wildman–Crippen MR) is 134 cm³/mol. The van der Waals surface area contributed by atoms with E-state index in [9.17, 15) is 5.11 Å². The summed E-state index contributed by atoms with van der Waals surface area (Å²) in [5.74, 6) is 1.06. The van der Waals surface area contributed by atoms with E-state index in [0.717, 1.165) is 16.6 Å². The second-order valence-corrected chi connectivity index (χ2v) is 8.57. The van der Waals surface area contributed by atoms with Gasteiger partial charge in [-0.3, -0.25) is 0 Å². The first-order valence-electron chi connectivity index (χ1n) is 11.1. The number of hydrogen-bond acceptors (Lipinski definition) is 4. The molecule has 0 spiro atoms. The first kappa shape index (κ1) is 19.5. The van der Waals surface area contributed by atoms with Gasteiger partial charge in [-0.1, -0.05) is 66.7 Å². The maximum atomic E-state index is 10.4. The molecule has 0 radical (unpaired) electrons. The molecule has 1 aromatic heterocycles. The highest BCUT2D eigenvalue weighted by Crippen LogP contribution is 2.40. The maximum Gasteiger partial charge on any atom is 0.217 e. The minimum absolute atomic E-state index is 0.0358. The third-order valence-electron chi connectivity index (χ3n) is 6.01. The second kappa shape index (κ2) is 7.45. The Hall–Kier alpha value is -4.18. The lowest BCUT2D eigenvalue weighted by Crippen LogP contribution is -2.08. The summed E-state index contributed by atoms with van der Waals surface area (Å²) in [5.41, 5.74) is 2.34. The van der Waals surface area contributed by atoms with E-state index in [1.54, 1.807) is 12.1 Å². The van der Waals surface area contributed by atoms with E-state index >= 15 is 0 Å². The Kier molecular flexibility index (Phi) is 4.40. The average Bonchev–Trinajstić information content (AvgIpc) is 2.82. The summed E-state index contributed by atoms with van der Waals surface area (Å²) in [5, 5.41) is 17.7. The number of phenolic OH excluding ortho intramolecular Hbond substituents is 1. The highest BCUT2D eigenvalue weighted by atomic mass is 16.5. The largest absolute Gasteiger partial charge is 0.507 e. The molecule has 160 valence electrons. The molecule has 0 unspecified atom stereocenters. The summed E-state index contributed by atoms with van der Waals surface area (Å²) in [7, 11) is 0. The van der Waals surface area contributed by atoms with E-state index in [0.29, 0.717) is 17.3 Å². The summed E-state index contributed by atoms with van der Waals surface area (Å²) >= 11 is 0. The number of phenols is 1. The van der Waals surface area contributed by atoms with Gasteiger partial charge in [-0.15, -0.1) is 0 Å². The molecule has 0 aliphatic carbocycles. The van der Waals surface area contributed by atoms with Crippen LogP contribution in [0.15, 0.2) is 84.9 Å². The zero-order valence-electron chi connectivity index (χ0n) is 18.4. The Labute approximate surface area is 191 Å². The van der Waals surface area contributed by atoms with E-state index in [4.69, 9.17) is 9.72 Å². The fourth-order valence-electron chi connectivity index (χ4n) is 4.61. The molecule has 0 aliphatic rings. The smallest absolute Gasteiger partial charge is 0.217 e. The second-order valence-electron chi connectivity index (χ2n) is 8.57. The van der Waals surface area contributed by atoms with Crippen LogP contribution in [-0.2, 0) is 0 Å². The van der Waals surface area contributed by atoms with Crippen molar-refractivity contribution in [3.05, 3.63) is 84.9 Å². The number of rotatable bonds is 4. The van der Waals surface area contributed by atoms with Gasteiger partial charge in [0.15, 0.2) is 5.82 Å². The van der Waals surface area contributed by atoms with Crippen LogP contribution in [0.1, 0.15) is 13.8 Å². The third kappa shape index (κ3) is 3.23. The monoisotopic (exact) mass is 430 g/mol. The summed E-state index contributed by atoms with van der Waals surface area (Å²) in [4.78, 5) is 9.47. The SMILES string of the molecule is CC(C)Oc1cc(-c2ccc3ccc4cccc5ccc2c3c45)nc(-c2ccccc2O)n1. The van der Waals surface area contributed by atoms with Crippen LogP contribution in [-0.4, -0.2) is 21.2 Å². The van der Waals surface area contributed by atoms with Gasteiger partial charge in [-0.05, 0) is 58.3 Å². The first-order chi connectivity index (χ1) is 16.1. The molecule has 0 aliphatic heterocycles. The van der Waals surface area contributed by atoms with Crippen molar-refractivity contribution in [2.24, 2.45) is 0 Å². The van der Waals surface area contributed by atoms with Gasteiger partial charge < -0.3 is 9.84 Å². The molecule has 0 amide bonds. The van der Waals surface area contributed by atoms with Gasteiger partial charge in [0.05, 0.1) is 17.4 Å². The zero-order valence-corrected chi connectivity index (χ0v) is 18.4. The Morgan fingerprint density at radius 3 is 2.15 bits per heavy atom. The lowest BCUT2D eigenvalue weighted by molar-refractivity contribution is 0.232. The highest BCUT2D eigenvalue weighted by molar-refractivity contribution is 6.25. The topological polar surface area (TPSA) is 55.2 Å². The molecule has 0 fully saturated rings. The molecule has 6 aromatic rings. The summed E-state index contributed by atoms with van der Waals surface area (Å²) in [6, 6.07) is 28.4. The van der Waals surface area contributed by atoms with Crippen molar-refractivity contribution in [3.63, 3.8) is 0 Å². The van der Waals surface area contributed by atoms with Crippen LogP contribution in [0.4, 0.5) is 0 Å². The molecule has 0 saturated heterocycles. The van der Waals surface area contributed by atoms with Crippen LogP contribution in [0, 0.1) is 0 Å².